The Balaban J connectivity index is 1.99. The first-order valence-electron chi connectivity index (χ1n) is 4.32. The fourth-order valence-corrected chi connectivity index (χ4v) is 1.45. The van der Waals surface area contributed by atoms with Crippen molar-refractivity contribution in [2.24, 2.45) is 0 Å². The third-order valence-corrected chi connectivity index (χ3v) is 2.17. The molecule has 0 aliphatic heterocycles. The minimum absolute atomic E-state index is 0.287. The maximum absolute atomic E-state index is 12.8. The van der Waals surface area contributed by atoms with E-state index >= 15 is 0 Å². The summed E-state index contributed by atoms with van der Waals surface area (Å²) < 4.78 is 18.9. The number of imidazole rings is 1. The molecule has 5 heteroatoms. The van der Waals surface area contributed by atoms with E-state index in [1.807, 2.05) is 0 Å². The Kier molecular flexibility index (Phi) is 3.01. The van der Waals surface area contributed by atoms with Crippen LogP contribution in [0.5, 0.6) is 5.75 Å². The number of aromatic amines is 1. The van der Waals surface area contributed by atoms with E-state index in [0.717, 1.165) is 4.60 Å². The highest BCUT2D eigenvalue weighted by molar-refractivity contribution is 9.10. The van der Waals surface area contributed by atoms with Gasteiger partial charge in [-0.15, -0.1) is 0 Å². The summed E-state index contributed by atoms with van der Waals surface area (Å²) >= 11 is 3.24. The fraction of sp³-hybridized carbons (Fsp3) is 0.100. The van der Waals surface area contributed by atoms with Gasteiger partial charge in [0.2, 0.25) is 0 Å². The molecule has 1 aromatic heterocycles. The lowest BCUT2D eigenvalue weighted by Crippen LogP contribution is -1.97. The Hall–Kier alpha value is -1.36. The third-order valence-electron chi connectivity index (χ3n) is 1.77. The highest BCUT2D eigenvalue weighted by Gasteiger charge is 2.00. The highest BCUT2D eigenvalue weighted by atomic mass is 79.9. The zero-order valence-electron chi connectivity index (χ0n) is 7.71. The zero-order chi connectivity index (χ0) is 10.7. The minimum Gasteiger partial charge on any atom is -0.486 e. The normalized spacial score (nSPS) is 10.3. The number of nitrogens with zero attached hydrogens (tertiary/aromatic N) is 1. The molecule has 0 spiro atoms. The Bertz CT molecular complexity index is 458. The van der Waals surface area contributed by atoms with E-state index in [1.165, 1.54) is 12.1 Å². The molecular formula is C10H8BrFN2O. The van der Waals surface area contributed by atoms with Crippen molar-refractivity contribution in [2.75, 3.05) is 0 Å². The van der Waals surface area contributed by atoms with Gasteiger partial charge in [0, 0.05) is 6.07 Å². The molecule has 2 rings (SSSR count). The van der Waals surface area contributed by atoms with Crippen LogP contribution in [0.15, 0.2) is 35.1 Å². The molecule has 3 nitrogen and oxygen atoms in total. The molecule has 0 bridgehead atoms. The molecule has 2 aromatic rings. The molecule has 1 heterocycles. The van der Waals surface area contributed by atoms with E-state index in [0.29, 0.717) is 11.6 Å². The van der Waals surface area contributed by atoms with Crippen LogP contribution in [-0.2, 0) is 6.61 Å². The van der Waals surface area contributed by atoms with Crippen LogP contribution in [0.3, 0.4) is 0 Å². The average Bonchev–Trinajstić information content (AvgIpc) is 2.62. The molecule has 1 aromatic carbocycles. The summed E-state index contributed by atoms with van der Waals surface area (Å²) in [5.41, 5.74) is 0. The number of ether oxygens (including phenoxy) is 1. The molecule has 0 amide bonds. The van der Waals surface area contributed by atoms with E-state index < -0.39 is 0 Å². The first-order valence-corrected chi connectivity index (χ1v) is 5.11. The number of rotatable bonds is 3. The van der Waals surface area contributed by atoms with Crippen molar-refractivity contribution >= 4 is 15.9 Å². The highest BCUT2D eigenvalue weighted by Crippen LogP contribution is 2.13. The van der Waals surface area contributed by atoms with Gasteiger partial charge in [-0.1, -0.05) is 6.07 Å². The van der Waals surface area contributed by atoms with Crippen LogP contribution in [0.2, 0.25) is 0 Å². The van der Waals surface area contributed by atoms with Crippen LogP contribution < -0.4 is 4.74 Å². The van der Waals surface area contributed by atoms with Gasteiger partial charge in [0.25, 0.3) is 0 Å². The summed E-state index contributed by atoms with van der Waals surface area (Å²) in [6.45, 7) is 0.287. The smallest absolute Gasteiger partial charge is 0.146 e. The quantitative estimate of drug-likeness (QED) is 0.932. The fourth-order valence-electron chi connectivity index (χ4n) is 1.12. The van der Waals surface area contributed by atoms with Gasteiger partial charge in [0.05, 0.1) is 6.20 Å². The molecule has 1 N–H and O–H groups in total. The number of hydrogen-bond donors (Lipinski definition) is 1. The number of halogens is 2. The molecule has 0 aliphatic carbocycles. The zero-order valence-corrected chi connectivity index (χ0v) is 9.29. The van der Waals surface area contributed by atoms with Gasteiger partial charge in [-0.2, -0.15) is 0 Å². The Morgan fingerprint density at radius 1 is 1.47 bits per heavy atom. The van der Waals surface area contributed by atoms with E-state index in [9.17, 15) is 4.39 Å². The molecule has 0 aliphatic rings. The summed E-state index contributed by atoms with van der Waals surface area (Å²) in [4.78, 5) is 6.98. The number of benzene rings is 1. The molecule has 78 valence electrons. The first kappa shape index (κ1) is 10.2. The van der Waals surface area contributed by atoms with Crippen molar-refractivity contribution in [2.45, 2.75) is 6.61 Å². The second kappa shape index (κ2) is 4.44. The molecule has 15 heavy (non-hydrogen) atoms. The summed E-state index contributed by atoms with van der Waals surface area (Å²) in [6, 6.07) is 6.00. The minimum atomic E-state index is -0.312. The lowest BCUT2D eigenvalue weighted by Gasteiger charge is -2.03. The second-order valence-electron chi connectivity index (χ2n) is 2.92. The number of H-pyrrole nitrogens is 1. The number of nitrogens with one attached hydrogen (secondary N) is 1. The topological polar surface area (TPSA) is 37.9 Å². The lowest BCUT2D eigenvalue weighted by molar-refractivity contribution is 0.295. The second-order valence-corrected chi connectivity index (χ2v) is 3.78. The largest absolute Gasteiger partial charge is 0.486 e. The van der Waals surface area contributed by atoms with Gasteiger partial charge < -0.3 is 9.72 Å². The predicted octanol–water partition coefficient (Wildman–Crippen LogP) is 2.89. The molecule has 0 fully saturated rings. The molecule has 0 radical (unpaired) electrons. The van der Waals surface area contributed by atoms with Gasteiger partial charge in [-0.25, -0.2) is 9.37 Å². The third kappa shape index (κ3) is 2.79. The Morgan fingerprint density at radius 2 is 2.33 bits per heavy atom. The van der Waals surface area contributed by atoms with Gasteiger partial charge in [0.1, 0.15) is 28.6 Å². The van der Waals surface area contributed by atoms with Crippen LogP contribution in [0, 0.1) is 5.82 Å². The van der Waals surface area contributed by atoms with Crippen LogP contribution in [0.4, 0.5) is 4.39 Å². The van der Waals surface area contributed by atoms with Crippen LogP contribution >= 0.6 is 15.9 Å². The Morgan fingerprint density at radius 3 is 3.00 bits per heavy atom. The maximum atomic E-state index is 12.8. The standard InChI is InChI=1S/C10H8BrFN2O/c11-9-5-13-10(14-9)6-15-8-3-1-2-7(12)4-8/h1-5H,6H2,(H,13,14). The molecule has 0 saturated heterocycles. The average molecular weight is 271 g/mol. The summed E-state index contributed by atoms with van der Waals surface area (Å²) in [7, 11) is 0. The van der Waals surface area contributed by atoms with Crippen molar-refractivity contribution in [3.63, 3.8) is 0 Å². The monoisotopic (exact) mass is 270 g/mol. The van der Waals surface area contributed by atoms with Crippen LogP contribution in [-0.4, -0.2) is 9.97 Å². The van der Waals surface area contributed by atoms with Crippen molar-refractivity contribution in [3.8, 4) is 5.75 Å². The number of aromatic nitrogens is 2. The maximum Gasteiger partial charge on any atom is 0.146 e. The SMILES string of the molecule is Fc1cccc(OCc2ncc(Br)[nH]2)c1. The van der Waals surface area contributed by atoms with Crippen molar-refractivity contribution in [1.29, 1.82) is 0 Å². The summed E-state index contributed by atoms with van der Waals surface area (Å²) in [6.07, 6.45) is 1.64. The molecular weight excluding hydrogens is 263 g/mol. The van der Waals surface area contributed by atoms with Gasteiger partial charge in [-0.05, 0) is 28.1 Å². The van der Waals surface area contributed by atoms with Crippen LogP contribution in [0.1, 0.15) is 5.82 Å². The molecule has 0 unspecified atom stereocenters. The van der Waals surface area contributed by atoms with Crippen molar-refractivity contribution in [1.82, 2.24) is 9.97 Å². The number of hydrogen-bond acceptors (Lipinski definition) is 2. The van der Waals surface area contributed by atoms with Crippen molar-refractivity contribution in [3.05, 3.63) is 46.7 Å². The van der Waals surface area contributed by atoms with Gasteiger partial charge in [0.15, 0.2) is 0 Å². The molecule has 0 atom stereocenters. The first-order chi connectivity index (χ1) is 7.24. The van der Waals surface area contributed by atoms with Gasteiger partial charge in [-0.3, -0.25) is 0 Å². The summed E-state index contributed by atoms with van der Waals surface area (Å²) in [5, 5.41) is 0. The van der Waals surface area contributed by atoms with Crippen LogP contribution in [0.25, 0.3) is 0 Å². The molecule has 0 saturated carbocycles. The lowest BCUT2D eigenvalue weighted by atomic mass is 10.3. The Labute approximate surface area is 94.4 Å². The summed E-state index contributed by atoms with van der Waals surface area (Å²) in [5.74, 6) is 0.863. The van der Waals surface area contributed by atoms with E-state index in [2.05, 4.69) is 25.9 Å². The van der Waals surface area contributed by atoms with E-state index in [1.54, 1.807) is 18.3 Å². The predicted molar refractivity (Wildman–Crippen MR) is 57.0 cm³/mol. The van der Waals surface area contributed by atoms with E-state index in [4.69, 9.17) is 4.74 Å². The van der Waals surface area contributed by atoms with Crippen molar-refractivity contribution < 1.29 is 9.13 Å². The van der Waals surface area contributed by atoms with Gasteiger partial charge >= 0.3 is 0 Å². The van der Waals surface area contributed by atoms with E-state index in [-0.39, 0.29) is 12.4 Å².